The first-order chi connectivity index (χ1) is 17.1. The lowest BCUT2D eigenvalue weighted by Gasteiger charge is -2.34. The Hall–Kier alpha value is -2.98. The van der Waals surface area contributed by atoms with Crippen molar-refractivity contribution in [3.8, 4) is 0 Å². The fourth-order valence-electron chi connectivity index (χ4n) is 5.07. The number of rotatable bonds is 6. The molecule has 7 nitrogen and oxygen atoms in total. The van der Waals surface area contributed by atoms with E-state index in [1.165, 1.54) is 6.07 Å². The normalized spacial score (nSPS) is 24.9. The lowest BCUT2D eigenvalue weighted by molar-refractivity contribution is -0.137. The molecule has 36 heavy (non-hydrogen) atoms. The van der Waals surface area contributed by atoms with Crippen molar-refractivity contribution in [3.63, 3.8) is 0 Å². The van der Waals surface area contributed by atoms with E-state index in [-0.39, 0.29) is 5.56 Å². The number of carbonyl (C=O) groups is 2. The number of amides is 2. The zero-order valence-corrected chi connectivity index (χ0v) is 20.1. The van der Waals surface area contributed by atoms with Gasteiger partial charge in [-0.2, -0.15) is 13.2 Å². The third-order valence-corrected chi connectivity index (χ3v) is 7.09. The predicted octanol–water partition coefficient (Wildman–Crippen LogP) is 3.03. The molecule has 1 aromatic carbocycles. The van der Waals surface area contributed by atoms with Gasteiger partial charge in [-0.3, -0.25) is 19.5 Å². The van der Waals surface area contributed by atoms with Crippen LogP contribution in [0.2, 0.25) is 0 Å². The lowest BCUT2D eigenvalue weighted by Crippen LogP contribution is -2.47. The Labute approximate surface area is 208 Å². The molecule has 3 N–H and O–H groups in total. The van der Waals surface area contributed by atoms with Crippen molar-refractivity contribution in [1.29, 1.82) is 0 Å². The van der Waals surface area contributed by atoms with E-state index in [0.29, 0.717) is 25.0 Å². The molecule has 10 heteroatoms. The van der Waals surface area contributed by atoms with Crippen LogP contribution in [0, 0.1) is 6.92 Å². The van der Waals surface area contributed by atoms with Gasteiger partial charge >= 0.3 is 6.18 Å². The van der Waals surface area contributed by atoms with Crippen LogP contribution in [0.3, 0.4) is 0 Å². The van der Waals surface area contributed by atoms with Gasteiger partial charge in [-0.1, -0.05) is 12.1 Å². The highest BCUT2D eigenvalue weighted by Crippen LogP contribution is 2.35. The summed E-state index contributed by atoms with van der Waals surface area (Å²) < 4.78 is 38.6. The zero-order valence-electron chi connectivity index (χ0n) is 20.1. The minimum absolute atomic E-state index is 0.179. The van der Waals surface area contributed by atoms with Gasteiger partial charge in [0.15, 0.2) is 0 Å². The Kier molecular flexibility index (Phi) is 7.94. The summed E-state index contributed by atoms with van der Waals surface area (Å²) in [5, 5.41) is 15.6. The van der Waals surface area contributed by atoms with Crippen molar-refractivity contribution in [2.45, 2.75) is 62.9 Å². The summed E-state index contributed by atoms with van der Waals surface area (Å²) in [6.45, 7) is 2.59. The number of aromatic nitrogens is 1. The van der Waals surface area contributed by atoms with Gasteiger partial charge in [0.05, 0.1) is 24.3 Å². The number of nitrogens with zero attached hydrogens (tertiary/aromatic N) is 2. The van der Waals surface area contributed by atoms with Crippen molar-refractivity contribution < 1.29 is 27.9 Å². The van der Waals surface area contributed by atoms with E-state index in [2.05, 4.69) is 32.7 Å². The molecule has 2 atom stereocenters. The summed E-state index contributed by atoms with van der Waals surface area (Å²) in [7, 11) is 0. The van der Waals surface area contributed by atoms with E-state index in [1.54, 1.807) is 0 Å². The largest absolute Gasteiger partial charge is 0.416 e. The van der Waals surface area contributed by atoms with Crippen LogP contribution >= 0.6 is 0 Å². The van der Waals surface area contributed by atoms with Crippen molar-refractivity contribution in [2.75, 3.05) is 19.6 Å². The molecule has 194 valence electrons. The first-order valence-electron chi connectivity index (χ1n) is 12.2. The topological polar surface area (TPSA) is 94.6 Å². The molecule has 0 unspecified atom stereocenters. The molecular weight excluding hydrogens is 473 g/mol. The van der Waals surface area contributed by atoms with Gasteiger partial charge in [0.2, 0.25) is 5.91 Å². The van der Waals surface area contributed by atoms with E-state index < -0.39 is 42.2 Å². The minimum atomic E-state index is -4.56. The Balaban J connectivity index is 1.23. The molecule has 1 aromatic heterocycles. The molecule has 1 aliphatic carbocycles. The van der Waals surface area contributed by atoms with Gasteiger partial charge in [-0.25, -0.2) is 0 Å². The molecule has 1 saturated carbocycles. The van der Waals surface area contributed by atoms with Gasteiger partial charge in [0.1, 0.15) is 0 Å². The fraction of sp³-hybridized carbons (Fsp3) is 0.500. The molecule has 0 spiro atoms. The number of β-amino-alcohol motifs (C(OH)–C–C–N with tert-alkyl or cyclic N) is 1. The number of aryl methyl sites for hydroxylation is 1. The molecule has 4 rings (SSSR count). The number of alkyl halides is 3. The number of hydrogen-bond donors (Lipinski definition) is 3. The molecule has 2 fully saturated rings. The Morgan fingerprint density at radius 3 is 2.53 bits per heavy atom. The van der Waals surface area contributed by atoms with Crippen molar-refractivity contribution in [3.05, 3.63) is 65.0 Å². The first kappa shape index (κ1) is 26.1. The zero-order chi connectivity index (χ0) is 25.9. The summed E-state index contributed by atoms with van der Waals surface area (Å²) >= 11 is 0. The average molecular weight is 505 g/mol. The highest BCUT2D eigenvalue weighted by molar-refractivity contribution is 5.96. The molecule has 1 aliphatic heterocycles. The van der Waals surface area contributed by atoms with Gasteiger partial charge in [-0.05, 0) is 62.4 Å². The van der Waals surface area contributed by atoms with Crippen molar-refractivity contribution in [2.24, 2.45) is 0 Å². The highest BCUT2D eigenvalue weighted by atomic mass is 19.4. The smallest absolute Gasteiger partial charge is 0.390 e. The number of hydrogen-bond acceptors (Lipinski definition) is 5. The number of likely N-dealkylation sites (tertiary alicyclic amines) is 1. The molecular formula is C26H31F3N4O3. The Bertz CT molecular complexity index is 1070. The number of aliphatic hydroxyl groups excluding tert-OH is 1. The van der Waals surface area contributed by atoms with Gasteiger partial charge in [0.25, 0.3) is 5.91 Å². The Morgan fingerprint density at radius 1 is 1.11 bits per heavy atom. The quantitative estimate of drug-likeness (QED) is 0.562. The summed E-state index contributed by atoms with van der Waals surface area (Å²) in [6.07, 6.45) is 0.617. The van der Waals surface area contributed by atoms with E-state index in [4.69, 9.17) is 0 Å². The number of nitrogens with one attached hydrogen (secondary N) is 2. The lowest BCUT2D eigenvalue weighted by atomic mass is 9.83. The number of halogens is 3. The summed E-state index contributed by atoms with van der Waals surface area (Å²) in [5.74, 6) is -0.842. The van der Waals surface area contributed by atoms with Gasteiger partial charge in [0, 0.05) is 42.5 Å². The molecule has 2 heterocycles. The standard InChI is InChI=1S/C26H31F3N4O3/c1-16-5-10-21(30-12-16)17-6-8-20(9-7-17)33-14-22(23(34)15-33)32-24(35)13-31-25(36)18-3-2-4-19(11-18)26(27,28)29/h2-5,10-12,17,20,22-23,34H,6-9,13-15H2,1H3,(H,31,36)(H,32,35)/t17?,20?,22-,23+/m0/s1. The second-order valence-corrected chi connectivity index (χ2v) is 9.72. The van der Waals surface area contributed by atoms with Crippen LogP contribution in [-0.4, -0.2) is 64.6 Å². The number of pyridine rings is 1. The van der Waals surface area contributed by atoms with E-state index in [9.17, 15) is 27.9 Å². The van der Waals surface area contributed by atoms with Crippen LogP contribution < -0.4 is 10.6 Å². The van der Waals surface area contributed by atoms with E-state index >= 15 is 0 Å². The first-order valence-corrected chi connectivity index (χ1v) is 12.2. The maximum absolute atomic E-state index is 12.9. The second-order valence-electron chi connectivity index (χ2n) is 9.72. The molecule has 2 amide bonds. The monoisotopic (exact) mass is 504 g/mol. The number of benzene rings is 1. The van der Waals surface area contributed by atoms with Crippen molar-refractivity contribution in [1.82, 2.24) is 20.5 Å². The van der Waals surface area contributed by atoms with E-state index in [1.807, 2.05) is 13.1 Å². The number of carbonyl (C=O) groups excluding carboxylic acids is 2. The second kappa shape index (κ2) is 11.0. The third-order valence-electron chi connectivity index (χ3n) is 7.09. The summed E-state index contributed by atoms with van der Waals surface area (Å²) in [4.78, 5) is 31.4. The predicted molar refractivity (Wildman–Crippen MR) is 127 cm³/mol. The molecule has 0 radical (unpaired) electrons. The molecule has 2 aromatic rings. The average Bonchev–Trinajstić information content (AvgIpc) is 3.22. The third kappa shape index (κ3) is 6.41. The van der Waals surface area contributed by atoms with Crippen molar-refractivity contribution >= 4 is 11.8 Å². The van der Waals surface area contributed by atoms with Crippen LogP contribution in [-0.2, 0) is 11.0 Å². The summed E-state index contributed by atoms with van der Waals surface area (Å²) in [5.41, 5.74) is 1.15. The highest BCUT2D eigenvalue weighted by Gasteiger charge is 2.37. The molecule has 1 saturated heterocycles. The van der Waals surface area contributed by atoms with Gasteiger partial charge in [-0.15, -0.1) is 0 Å². The number of aliphatic hydroxyl groups is 1. The van der Waals surface area contributed by atoms with Crippen LogP contribution in [0.4, 0.5) is 13.2 Å². The van der Waals surface area contributed by atoms with E-state index in [0.717, 1.165) is 55.1 Å². The maximum Gasteiger partial charge on any atom is 0.416 e. The minimum Gasteiger partial charge on any atom is -0.390 e. The molecule has 0 bridgehead atoms. The van der Waals surface area contributed by atoms with Gasteiger partial charge < -0.3 is 15.7 Å². The maximum atomic E-state index is 12.9. The fourth-order valence-corrected chi connectivity index (χ4v) is 5.07. The van der Waals surface area contributed by atoms with Crippen LogP contribution in [0.1, 0.15) is 58.8 Å². The van der Waals surface area contributed by atoms with Crippen LogP contribution in [0.15, 0.2) is 42.6 Å². The van der Waals surface area contributed by atoms with Crippen LogP contribution in [0.5, 0.6) is 0 Å². The van der Waals surface area contributed by atoms with Crippen LogP contribution in [0.25, 0.3) is 0 Å². The summed E-state index contributed by atoms with van der Waals surface area (Å²) in [6, 6.07) is 8.05. The molecule has 2 aliphatic rings. The SMILES string of the molecule is Cc1ccc(C2CCC(N3C[C@@H](O)[C@@H](NC(=O)CNC(=O)c4cccc(C(F)(F)F)c4)C3)CC2)nc1. The Morgan fingerprint density at radius 2 is 1.86 bits per heavy atom.